The maximum atomic E-state index is 12.6. The molecule has 1 heterocycles. The molecule has 0 saturated carbocycles. The molecule has 0 fully saturated rings. The number of hydrogen-bond donors (Lipinski definition) is 2. The first-order chi connectivity index (χ1) is 12.1. The summed E-state index contributed by atoms with van der Waals surface area (Å²) in [6, 6.07) is 10.7. The topological polar surface area (TPSA) is 67.8 Å². The number of carbonyl (C=O) groups excluding carboxylic acids is 1. The summed E-state index contributed by atoms with van der Waals surface area (Å²) in [5, 5.41) is 13.4. The molecule has 0 aliphatic carbocycles. The van der Waals surface area contributed by atoms with E-state index in [2.05, 4.69) is 21.2 Å². The van der Waals surface area contributed by atoms with Gasteiger partial charge in [0.25, 0.3) is 5.91 Å². The molecule has 1 aliphatic rings. The summed E-state index contributed by atoms with van der Waals surface area (Å²) in [6.07, 6.45) is 0.737. The van der Waals surface area contributed by atoms with Crippen molar-refractivity contribution in [1.29, 1.82) is 0 Å². The number of anilines is 1. The Morgan fingerprint density at radius 1 is 1.24 bits per heavy atom. The minimum atomic E-state index is -0.685. The largest absolute Gasteiger partial charge is 0.486 e. The summed E-state index contributed by atoms with van der Waals surface area (Å²) in [5.74, 6) is 0.908. The lowest BCUT2D eigenvalue weighted by molar-refractivity contribution is 0.102. The highest BCUT2D eigenvalue weighted by Gasteiger charge is 2.21. The number of carbonyl (C=O) groups is 1. The zero-order chi connectivity index (χ0) is 17.8. The minimum Gasteiger partial charge on any atom is -0.486 e. The van der Waals surface area contributed by atoms with Crippen LogP contribution in [0.15, 0.2) is 40.9 Å². The van der Waals surface area contributed by atoms with Crippen molar-refractivity contribution in [1.82, 2.24) is 0 Å². The van der Waals surface area contributed by atoms with E-state index >= 15 is 0 Å². The first-order valence-corrected chi connectivity index (χ1v) is 9.07. The van der Waals surface area contributed by atoms with Crippen molar-refractivity contribution in [2.75, 3.05) is 18.5 Å². The van der Waals surface area contributed by atoms with Gasteiger partial charge in [-0.2, -0.15) is 0 Å². The number of hydrogen-bond acceptors (Lipinski definition) is 4. The molecule has 1 atom stereocenters. The number of halogens is 1. The lowest BCUT2D eigenvalue weighted by Crippen LogP contribution is -2.18. The van der Waals surface area contributed by atoms with Crippen molar-refractivity contribution < 1.29 is 19.4 Å². The Kier molecular flexibility index (Phi) is 5.60. The van der Waals surface area contributed by atoms with Gasteiger partial charge in [-0.15, -0.1) is 0 Å². The van der Waals surface area contributed by atoms with Crippen molar-refractivity contribution in [3.8, 4) is 11.5 Å². The van der Waals surface area contributed by atoms with E-state index in [-0.39, 0.29) is 5.91 Å². The summed E-state index contributed by atoms with van der Waals surface area (Å²) < 4.78 is 11.9. The highest BCUT2D eigenvalue weighted by molar-refractivity contribution is 9.10. The number of rotatable bonds is 5. The summed E-state index contributed by atoms with van der Waals surface area (Å²) in [6.45, 7) is 2.93. The predicted octanol–water partition coefficient (Wildman–Crippen LogP) is 4.31. The van der Waals surface area contributed by atoms with E-state index in [0.29, 0.717) is 52.4 Å². The third-order valence-electron chi connectivity index (χ3n) is 4.00. The minimum absolute atomic E-state index is 0.255. The fourth-order valence-corrected chi connectivity index (χ4v) is 3.22. The Bertz CT molecular complexity index is 778. The molecule has 2 aromatic carbocycles. The lowest BCUT2D eigenvalue weighted by atomic mass is 10.0. The Morgan fingerprint density at radius 2 is 1.92 bits per heavy atom. The van der Waals surface area contributed by atoms with Crippen LogP contribution >= 0.6 is 15.9 Å². The second-order valence-electron chi connectivity index (χ2n) is 5.82. The molecule has 3 rings (SSSR count). The van der Waals surface area contributed by atoms with Gasteiger partial charge in [-0.25, -0.2) is 0 Å². The Hall–Kier alpha value is -2.05. The number of amides is 1. The van der Waals surface area contributed by atoms with Crippen molar-refractivity contribution >= 4 is 27.5 Å². The molecular formula is C19H20BrNO4. The number of fused-ring (bicyclic) bond motifs is 1. The highest BCUT2D eigenvalue weighted by Crippen LogP contribution is 2.39. The first kappa shape index (κ1) is 17.8. The number of nitrogens with one attached hydrogen (secondary N) is 1. The molecule has 0 saturated heterocycles. The molecule has 0 radical (unpaired) electrons. The molecule has 1 amide bonds. The molecule has 1 aliphatic heterocycles. The molecule has 0 spiro atoms. The van der Waals surface area contributed by atoms with Gasteiger partial charge in [-0.1, -0.05) is 25.5 Å². The van der Waals surface area contributed by atoms with Crippen molar-refractivity contribution in [2.24, 2.45) is 0 Å². The van der Waals surface area contributed by atoms with Crippen molar-refractivity contribution in [3.05, 3.63) is 52.0 Å². The van der Waals surface area contributed by atoms with Crippen LogP contribution in [0.3, 0.4) is 0 Å². The van der Waals surface area contributed by atoms with Gasteiger partial charge in [0.05, 0.1) is 17.4 Å². The molecule has 0 aromatic heterocycles. The summed E-state index contributed by atoms with van der Waals surface area (Å²) in [4.78, 5) is 12.6. The van der Waals surface area contributed by atoms with Crippen LogP contribution in [0, 0.1) is 0 Å². The van der Waals surface area contributed by atoms with Crippen LogP contribution in [0.2, 0.25) is 0 Å². The van der Waals surface area contributed by atoms with E-state index in [1.807, 2.05) is 19.1 Å². The van der Waals surface area contributed by atoms with Crippen LogP contribution in [-0.4, -0.2) is 24.2 Å². The second kappa shape index (κ2) is 7.89. The standard InChI is InChI=1S/C19H20BrNO4/c1-2-5-16(22)13-10-17-18(25-9-8-24-17)11-15(13)21-19(23)12-6-3-4-7-14(12)20/h3-4,6-7,10-11,16,22H,2,5,8-9H2,1H3,(H,21,23)/t16-/m1/s1. The van der Waals surface area contributed by atoms with Gasteiger partial charge in [0, 0.05) is 16.1 Å². The van der Waals surface area contributed by atoms with Crippen LogP contribution < -0.4 is 14.8 Å². The maximum Gasteiger partial charge on any atom is 0.256 e. The Labute approximate surface area is 155 Å². The van der Waals surface area contributed by atoms with E-state index < -0.39 is 6.10 Å². The van der Waals surface area contributed by atoms with Crippen LogP contribution in [0.5, 0.6) is 11.5 Å². The molecule has 6 heteroatoms. The van der Waals surface area contributed by atoms with E-state index in [4.69, 9.17) is 9.47 Å². The molecular weight excluding hydrogens is 386 g/mol. The maximum absolute atomic E-state index is 12.6. The summed E-state index contributed by atoms with van der Waals surface area (Å²) >= 11 is 3.39. The predicted molar refractivity (Wildman–Crippen MR) is 99.4 cm³/mol. The SMILES string of the molecule is CCC[C@@H](O)c1cc2c(cc1NC(=O)c1ccccc1Br)OCCO2. The van der Waals surface area contributed by atoms with Gasteiger partial charge in [0.15, 0.2) is 11.5 Å². The third kappa shape index (κ3) is 3.96. The second-order valence-corrected chi connectivity index (χ2v) is 6.68. The third-order valence-corrected chi connectivity index (χ3v) is 4.69. The van der Waals surface area contributed by atoms with E-state index in [9.17, 15) is 9.90 Å². The summed E-state index contributed by atoms with van der Waals surface area (Å²) in [7, 11) is 0. The molecule has 5 nitrogen and oxygen atoms in total. The lowest BCUT2D eigenvalue weighted by Gasteiger charge is -2.23. The van der Waals surface area contributed by atoms with Crippen molar-refractivity contribution in [2.45, 2.75) is 25.9 Å². The monoisotopic (exact) mass is 405 g/mol. The number of aliphatic hydroxyl groups excluding tert-OH is 1. The van der Waals surface area contributed by atoms with E-state index in [0.717, 1.165) is 6.42 Å². The van der Waals surface area contributed by atoms with Crippen LogP contribution in [0.25, 0.3) is 0 Å². The van der Waals surface area contributed by atoms with Crippen LogP contribution in [-0.2, 0) is 0 Å². The van der Waals surface area contributed by atoms with Gasteiger partial charge in [0.1, 0.15) is 13.2 Å². The van der Waals surface area contributed by atoms with Crippen molar-refractivity contribution in [3.63, 3.8) is 0 Å². The van der Waals surface area contributed by atoms with Gasteiger partial charge in [-0.3, -0.25) is 4.79 Å². The fraction of sp³-hybridized carbons (Fsp3) is 0.316. The molecule has 2 aromatic rings. The normalized spacial score (nSPS) is 14.0. The van der Waals surface area contributed by atoms with Crippen LogP contribution in [0.4, 0.5) is 5.69 Å². The number of aliphatic hydroxyl groups is 1. The smallest absolute Gasteiger partial charge is 0.256 e. The zero-order valence-electron chi connectivity index (χ0n) is 13.9. The van der Waals surface area contributed by atoms with Gasteiger partial charge in [0.2, 0.25) is 0 Å². The van der Waals surface area contributed by atoms with Gasteiger partial charge < -0.3 is 19.9 Å². The molecule has 0 unspecified atom stereocenters. The quantitative estimate of drug-likeness (QED) is 0.777. The summed E-state index contributed by atoms with van der Waals surface area (Å²) in [5.41, 5.74) is 1.69. The average Bonchev–Trinajstić information content (AvgIpc) is 2.61. The highest BCUT2D eigenvalue weighted by atomic mass is 79.9. The zero-order valence-corrected chi connectivity index (χ0v) is 15.5. The van der Waals surface area contributed by atoms with Crippen LogP contribution in [0.1, 0.15) is 41.8 Å². The number of ether oxygens (including phenoxy) is 2. The fourth-order valence-electron chi connectivity index (χ4n) is 2.75. The first-order valence-electron chi connectivity index (χ1n) is 8.27. The Balaban J connectivity index is 1.95. The molecule has 132 valence electrons. The molecule has 25 heavy (non-hydrogen) atoms. The average molecular weight is 406 g/mol. The van der Waals surface area contributed by atoms with Gasteiger partial charge in [-0.05, 0) is 40.5 Å². The number of benzene rings is 2. The molecule has 2 N–H and O–H groups in total. The van der Waals surface area contributed by atoms with E-state index in [1.54, 1.807) is 24.3 Å². The Morgan fingerprint density at radius 3 is 2.60 bits per heavy atom. The molecule has 0 bridgehead atoms. The van der Waals surface area contributed by atoms with E-state index in [1.165, 1.54) is 0 Å². The van der Waals surface area contributed by atoms with Gasteiger partial charge >= 0.3 is 0 Å².